The monoisotopic (exact) mass is 260 g/mol. The number of hydrogen-bond donors (Lipinski definition) is 2. The van der Waals surface area contributed by atoms with Crippen molar-refractivity contribution in [3.63, 3.8) is 0 Å². The van der Waals surface area contributed by atoms with E-state index in [1.54, 1.807) is 0 Å². The molecule has 1 aliphatic heterocycles. The predicted octanol–water partition coefficient (Wildman–Crippen LogP) is 2.25. The van der Waals surface area contributed by atoms with E-state index in [1.165, 1.54) is 38.5 Å². The van der Waals surface area contributed by atoms with E-state index in [2.05, 4.69) is 10.6 Å². The van der Waals surface area contributed by atoms with Crippen molar-refractivity contribution in [2.24, 2.45) is 5.92 Å². The van der Waals surface area contributed by atoms with Crippen LogP contribution in [0.1, 0.15) is 51.4 Å². The molecule has 2 N–H and O–H groups in total. The molecule has 1 aliphatic carbocycles. The Kier molecular flexibility index (Phi) is 6.90. The van der Waals surface area contributed by atoms with E-state index >= 15 is 0 Å². The van der Waals surface area contributed by atoms with E-state index in [9.17, 15) is 4.79 Å². The quantitative estimate of drug-likeness (QED) is 0.765. The Hall–Kier alpha value is -0.280. The molecule has 1 saturated carbocycles. The molecule has 1 saturated heterocycles. The largest absolute Gasteiger partial charge is 0.354 e. The normalized spacial score (nSPS) is 26.0. The Morgan fingerprint density at radius 3 is 2.35 bits per heavy atom. The maximum Gasteiger partial charge on any atom is 0.223 e. The summed E-state index contributed by atoms with van der Waals surface area (Å²) in [6.07, 6.45) is 9.77. The molecule has 0 radical (unpaired) electrons. The van der Waals surface area contributed by atoms with Crippen LogP contribution >= 0.6 is 12.4 Å². The third-order valence-corrected chi connectivity index (χ3v) is 3.91. The third kappa shape index (κ3) is 4.84. The van der Waals surface area contributed by atoms with Crippen LogP contribution in [-0.4, -0.2) is 25.0 Å². The number of nitrogens with one attached hydrogen (secondary N) is 2. The van der Waals surface area contributed by atoms with E-state index in [-0.39, 0.29) is 12.4 Å². The van der Waals surface area contributed by atoms with Gasteiger partial charge >= 0.3 is 0 Å². The maximum atomic E-state index is 12.0. The number of carbonyl (C=O) groups is 1. The first kappa shape index (κ1) is 14.8. The summed E-state index contributed by atoms with van der Waals surface area (Å²) in [6.45, 7) is 1.94. The summed E-state index contributed by atoms with van der Waals surface area (Å²) in [5.74, 6) is 0.597. The molecule has 0 aromatic rings. The van der Waals surface area contributed by atoms with Gasteiger partial charge in [0, 0.05) is 18.5 Å². The van der Waals surface area contributed by atoms with Gasteiger partial charge in [0.2, 0.25) is 5.91 Å². The van der Waals surface area contributed by atoms with Crippen LogP contribution in [0.5, 0.6) is 0 Å². The second kappa shape index (κ2) is 7.93. The highest BCUT2D eigenvalue weighted by Crippen LogP contribution is 2.22. The first-order valence-corrected chi connectivity index (χ1v) is 6.87. The van der Waals surface area contributed by atoms with Crippen LogP contribution in [-0.2, 0) is 4.79 Å². The van der Waals surface area contributed by atoms with Crippen LogP contribution in [0.25, 0.3) is 0 Å². The van der Waals surface area contributed by atoms with Crippen molar-refractivity contribution in [2.45, 2.75) is 57.4 Å². The second-order valence-corrected chi connectivity index (χ2v) is 5.23. The van der Waals surface area contributed by atoms with Gasteiger partial charge in [0.15, 0.2) is 0 Å². The van der Waals surface area contributed by atoms with Gasteiger partial charge in [-0.25, -0.2) is 0 Å². The molecule has 2 rings (SSSR count). The number of amides is 1. The van der Waals surface area contributed by atoms with Gasteiger partial charge in [-0.1, -0.05) is 25.7 Å². The zero-order chi connectivity index (χ0) is 11.2. The van der Waals surface area contributed by atoms with Crippen LogP contribution in [0, 0.1) is 5.92 Å². The second-order valence-electron chi connectivity index (χ2n) is 5.23. The van der Waals surface area contributed by atoms with Gasteiger partial charge in [-0.05, 0) is 32.2 Å². The fraction of sp³-hybridized carbons (Fsp3) is 0.923. The Balaban J connectivity index is 0.00000144. The van der Waals surface area contributed by atoms with Gasteiger partial charge in [-0.3, -0.25) is 4.79 Å². The molecule has 1 atom stereocenters. The lowest BCUT2D eigenvalue weighted by atomic mass is 9.99. The minimum absolute atomic E-state index is 0. The van der Waals surface area contributed by atoms with Gasteiger partial charge in [0.05, 0.1) is 0 Å². The summed E-state index contributed by atoms with van der Waals surface area (Å²) in [5.41, 5.74) is 0. The van der Waals surface area contributed by atoms with Crippen molar-refractivity contribution in [1.29, 1.82) is 0 Å². The predicted molar refractivity (Wildman–Crippen MR) is 72.5 cm³/mol. The minimum Gasteiger partial charge on any atom is -0.354 e. The molecule has 1 unspecified atom stereocenters. The van der Waals surface area contributed by atoms with Crippen molar-refractivity contribution >= 4 is 18.3 Å². The Morgan fingerprint density at radius 1 is 1.06 bits per heavy atom. The zero-order valence-electron chi connectivity index (χ0n) is 10.5. The molecule has 2 fully saturated rings. The average molecular weight is 261 g/mol. The lowest BCUT2D eigenvalue weighted by molar-refractivity contribution is -0.125. The summed E-state index contributed by atoms with van der Waals surface area (Å²) < 4.78 is 0. The summed E-state index contributed by atoms with van der Waals surface area (Å²) in [5, 5.41) is 6.53. The molecular formula is C13H25ClN2O. The van der Waals surface area contributed by atoms with E-state index in [4.69, 9.17) is 0 Å². The molecule has 0 spiro atoms. The number of hydrogen-bond acceptors (Lipinski definition) is 2. The molecule has 0 bridgehead atoms. The molecule has 4 heteroatoms. The van der Waals surface area contributed by atoms with Crippen molar-refractivity contribution in [2.75, 3.05) is 13.1 Å². The average Bonchev–Trinajstić information content (AvgIpc) is 2.66. The highest BCUT2D eigenvalue weighted by Gasteiger charge is 2.21. The molecule has 0 aromatic carbocycles. The van der Waals surface area contributed by atoms with Gasteiger partial charge in [-0.15, -0.1) is 12.4 Å². The lowest BCUT2D eigenvalue weighted by Crippen LogP contribution is -2.39. The molecule has 100 valence electrons. The Morgan fingerprint density at radius 2 is 1.76 bits per heavy atom. The fourth-order valence-electron chi connectivity index (χ4n) is 2.84. The summed E-state index contributed by atoms with van der Waals surface area (Å²) in [7, 11) is 0. The Bertz CT molecular complexity index is 221. The van der Waals surface area contributed by atoms with Crippen molar-refractivity contribution in [3.8, 4) is 0 Å². The van der Waals surface area contributed by atoms with Crippen molar-refractivity contribution < 1.29 is 4.79 Å². The smallest absolute Gasteiger partial charge is 0.223 e. The molecule has 0 aromatic heterocycles. The fourth-order valence-corrected chi connectivity index (χ4v) is 2.84. The van der Waals surface area contributed by atoms with Crippen LogP contribution in [0.4, 0.5) is 0 Å². The van der Waals surface area contributed by atoms with E-state index < -0.39 is 0 Å². The van der Waals surface area contributed by atoms with E-state index in [1.807, 2.05) is 0 Å². The van der Waals surface area contributed by atoms with E-state index in [0.29, 0.717) is 17.9 Å². The topological polar surface area (TPSA) is 41.1 Å². The number of rotatable bonds is 3. The van der Waals surface area contributed by atoms with Crippen LogP contribution < -0.4 is 10.6 Å². The maximum absolute atomic E-state index is 12.0. The summed E-state index contributed by atoms with van der Waals surface area (Å²) >= 11 is 0. The lowest BCUT2D eigenvalue weighted by Gasteiger charge is -2.16. The van der Waals surface area contributed by atoms with Crippen LogP contribution in [0.3, 0.4) is 0 Å². The molecule has 1 amide bonds. The summed E-state index contributed by atoms with van der Waals surface area (Å²) in [6, 6.07) is 0.523. The molecule has 17 heavy (non-hydrogen) atoms. The van der Waals surface area contributed by atoms with Gasteiger partial charge in [-0.2, -0.15) is 0 Å². The number of carbonyl (C=O) groups excluding carboxylic acids is 1. The van der Waals surface area contributed by atoms with Crippen molar-refractivity contribution in [3.05, 3.63) is 0 Å². The van der Waals surface area contributed by atoms with Crippen LogP contribution in [0.2, 0.25) is 0 Å². The van der Waals surface area contributed by atoms with Gasteiger partial charge in [0.1, 0.15) is 0 Å². The first-order chi connectivity index (χ1) is 7.86. The van der Waals surface area contributed by atoms with Gasteiger partial charge in [0.25, 0.3) is 0 Å². The highest BCUT2D eigenvalue weighted by molar-refractivity contribution is 5.85. The van der Waals surface area contributed by atoms with Gasteiger partial charge < -0.3 is 10.6 Å². The standard InChI is InChI=1S/C13H24N2O.ClH/c16-13(11-6-3-1-2-4-7-11)15-10-12-8-5-9-14-12;/h11-12,14H,1-10H2,(H,15,16);1H. The molecule has 3 nitrogen and oxygen atoms in total. The zero-order valence-corrected chi connectivity index (χ0v) is 11.4. The number of halogens is 1. The van der Waals surface area contributed by atoms with Crippen LogP contribution in [0.15, 0.2) is 0 Å². The highest BCUT2D eigenvalue weighted by atomic mass is 35.5. The Labute approximate surface area is 111 Å². The molecule has 1 heterocycles. The SMILES string of the molecule is Cl.O=C(NCC1CCCN1)C1CCCCCC1. The first-order valence-electron chi connectivity index (χ1n) is 6.87. The minimum atomic E-state index is 0. The van der Waals surface area contributed by atoms with Crippen molar-refractivity contribution in [1.82, 2.24) is 10.6 Å². The summed E-state index contributed by atoms with van der Waals surface area (Å²) in [4.78, 5) is 12.0. The molecule has 2 aliphatic rings. The van der Waals surface area contributed by atoms with E-state index in [0.717, 1.165) is 25.9 Å². The molecular weight excluding hydrogens is 236 g/mol. The third-order valence-electron chi connectivity index (χ3n) is 3.91.